The van der Waals surface area contributed by atoms with E-state index in [1.165, 1.54) is 5.56 Å². The normalized spacial score (nSPS) is 10.3. The minimum Gasteiger partial charge on any atom is -0.349 e. The van der Waals surface area contributed by atoms with E-state index in [-0.39, 0.29) is 0 Å². The highest BCUT2D eigenvalue weighted by Gasteiger charge is 2.07. The summed E-state index contributed by atoms with van der Waals surface area (Å²) in [7, 11) is 7.98. The van der Waals surface area contributed by atoms with Crippen LogP contribution in [0.4, 0.5) is 0 Å². The summed E-state index contributed by atoms with van der Waals surface area (Å²) >= 11 is 0. The second-order valence-electron chi connectivity index (χ2n) is 5.36. The number of hydrogen-bond donors (Lipinski definition) is 0. The Labute approximate surface area is 126 Å². The zero-order valence-corrected chi connectivity index (χ0v) is 13.2. The fraction of sp³-hybridized carbons (Fsp3) is 0.375. The van der Waals surface area contributed by atoms with Gasteiger partial charge in [-0.05, 0) is 5.56 Å². The van der Waals surface area contributed by atoms with Gasteiger partial charge in [0.15, 0.2) is 5.96 Å². The number of benzene rings is 1. The number of aliphatic imine (C=N–C) groups is 1. The van der Waals surface area contributed by atoms with E-state index >= 15 is 0 Å². The molecule has 0 fully saturated rings. The molecule has 21 heavy (non-hydrogen) atoms. The molecule has 0 saturated carbocycles. The van der Waals surface area contributed by atoms with Gasteiger partial charge in [-0.25, -0.2) is 9.98 Å². The fourth-order valence-electron chi connectivity index (χ4n) is 2.24. The largest absolute Gasteiger partial charge is 0.349 e. The van der Waals surface area contributed by atoms with Gasteiger partial charge < -0.3 is 14.4 Å². The lowest BCUT2D eigenvalue weighted by atomic mass is 10.2. The molecule has 0 spiro atoms. The molecule has 2 rings (SSSR count). The summed E-state index contributed by atoms with van der Waals surface area (Å²) in [5.41, 5.74) is 1.26. The van der Waals surface area contributed by atoms with Gasteiger partial charge in [0.1, 0.15) is 12.4 Å². The third-order valence-electron chi connectivity index (χ3n) is 3.16. The molecule has 0 saturated heterocycles. The van der Waals surface area contributed by atoms with Crippen molar-refractivity contribution in [2.75, 3.05) is 28.2 Å². The molecular formula is C16H23N5. The summed E-state index contributed by atoms with van der Waals surface area (Å²) in [5, 5.41) is 0. The topological polar surface area (TPSA) is 36.7 Å². The first-order valence-electron chi connectivity index (χ1n) is 7.01. The molecule has 112 valence electrons. The summed E-state index contributed by atoms with van der Waals surface area (Å²) < 4.78 is 2.14. The van der Waals surface area contributed by atoms with E-state index in [0.717, 1.165) is 18.3 Å². The Balaban J connectivity index is 2.12. The zero-order chi connectivity index (χ0) is 15.2. The van der Waals surface area contributed by atoms with Gasteiger partial charge >= 0.3 is 0 Å². The van der Waals surface area contributed by atoms with Crippen molar-refractivity contribution in [3.63, 3.8) is 0 Å². The maximum absolute atomic E-state index is 4.65. The summed E-state index contributed by atoms with van der Waals surface area (Å²) in [5.74, 6) is 1.91. The number of hydrogen-bond acceptors (Lipinski definition) is 2. The molecule has 0 unspecified atom stereocenters. The van der Waals surface area contributed by atoms with Crippen molar-refractivity contribution < 1.29 is 0 Å². The van der Waals surface area contributed by atoms with Gasteiger partial charge in [0.05, 0.1) is 0 Å². The SMILES string of the molecule is CN(C)C(=NCc1nccn1Cc1ccccc1)N(C)C. The predicted octanol–water partition coefficient (Wildman–Crippen LogP) is 1.91. The standard InChI is InChI=1S/C16H23N5/c1-19(2)16(20(3)4)18-12-15-17-10-11-21(15)13-14-8-6-5-7-9-14/h5-11H,12-13H2,1-4H3. The molecule has 0 aliphatic rings. The predicted molar refractivity (Wildman–Crippen MR) is 86.3 cm³/mol. The summed E-state index contributed by atoms with van der Waals surface area (Å²) in [4.78, 5) is 13.1. The molecule has 0 aliphatic carbocycles. The third kappa shape index (κ3) is 4.08. The third-order valence-corrected chi connectivity index (χ3v) is 3.16. The number of rotatable bonds is 4. The van der Waals surface area contributed by atoms with E-state index in [1.807, 2.05) is 56.5 Å². The first-order chi connectivity index (χ1) is 10.1. The van der Waals surface area contributed by atoms with Crippen molar-refractivity contribution in [1.82, 2.24) is 19.4 Å². The van der Waals surface area contributed by atoms with Crippen molar-refractivity contribution in [2.45, 2.75) is 13.1 Å². The molecule has 1 aromatic heterocycles. The molecule has 0 bridgehead atoms. The van der Waals surface area contributed by atoms with Crippen LogP contribution in [0.3, 0.4) is 0 Å². The maximum Gasteiger partial charge on any atom is 0.195 e. The monoisotopic (exact) mass is 285 g/mol. The Morgan fingerprint density at radius 2 is 1.76 bits per heavy atom. The molecule has 0 radical (unpaired) electrons. The van der Waals surface area contributed by atoms with Crippen LogP contribution in [-0.2, 0) is 13.1 Å². The second-order valence-corrected chi connectivity index (χ2v) is 5.36. The van der Waals surface area contributed by atoms with Crippen LogP contribution in [0, 0.1) is 0 Å². The average molecular weight is 285 g/mol. The van der Waals surface area contributed by atoms with Crippen molar-refractivity contribution in [1.29, 1.82) is 0 Å². The van der Waals surface area contributed by atoms with Crippen LogP contribution in [-0.4, -0.2) is 53.5 Å². The van der Waals surface area contributed by atoms with E-state index in [1.54, 1.807) is 0 Å². The molecule has 1 aromatic carbocycles. The van der Waals surface area contributed by atoms with E-state index < -0.39 is 0 Å². The minimum absolute atomic E-state index is 0.575. The van der Waals surface area contributed by atoms with Crippen molar-refractivity contribution in [2.24, 2.45) is 4.99 Å². The Hall–Kier alpha value is -2.30. The zero-order valence-electron chi connectivity index (χ0n) is 13.2. The molecule has 1 heterocycles. The number of nitrogens with zero attached hydrogens (tertiary/aromatic N) is 5. The lowest BCUT2D eigenvalue weighted by Crippen LogP contribution is -2.35. The van der Waals surface area contributed by atoms with Crippen molar-refractivity contribution >= 4 is 5.96 Å². The van der Waals surface area contributed by atoms with Crippen LogP contribution in [0.5, 0.6) is 0 Å². The molecule has 5 heteroatoms. The van der Waals surface area contributed by atoms with E-state index in [2.05, 4.69) is 38.8 Å². The van der Waals surface area contributed by atoms with Gasteiger partial charge in [0, 0.05) is 47.1 Å². The van der Waals surface area contributed by atoms with E-state index in [4.69, 9.17) is 0 Å². The van der Waals surface area contributed by atoms with Crippen LogP contribution in [0.2, 0.25) is 0 Å². The van der Waals surface area contributed by atoms with Crippen LogP contribution in [0.15, 0.2) is 47.7 Å². The number of aromatic nitrogens is 2. The van der Waals surface area contributed by atoms with Crippen LogP contribution < -0.4 is 0 Å². The highest BCUT2D eigenvalue weighted by Crippen LogP contribution is 2.07. The second kappa shape index (κ2) is 6.92. The smallest absolute Gasteiger partial charge is 0.195 e. The fourth-order valence-corrected chi connectivity index (χ4v) is 2.24. The Bertz CT molecular complexity index is 574. The van der Waals surface area contributed by atoms with Gasteiger partial charge in [0.2, 0.25) is 0 Å². The molecule has 0 atom stereocenters. The maximum atomic E-state index is 4.65. The molecule has 0 N–H and O–H groups in total. The van der Waals surface area contributed by atoms with Gasteiger partial charge in [-0.2, -0.15) is 0 Å². The van der Waals surface area contributed by atoms with E-state index in [9.17, 15) is 0 Å². The highest BCUT2D eigenvalue weighted by atomic mass is 15.3. The van der Waals surface area contributed by atoms with E-state index in [0.29, 0.717) is 6.54 Å². The summed E-state index contributed by atoms with van der Waals surface area (Å²) in [6.07, 6.45) is 3.83. The van der Waals surface area contributed by atoms with Gasteiger partial charge in [-0.1, -0.05) is 30.3 Å². The Kier molecular flexibility index (Phi) is 4.98. The van der Waals surface area contributed by atoms with Crippen molar-refractivity contribution in [3.05, 3.63) is 54.1 Å². The average Bonchev–Trinajstić information content (AvgIpc) is 2.87. The molecule has 5 nitrogen and oxygen atoms in total. The summed E-state index contributed by atoms with van der Waals surface area (Å²) in [6.45, 7) is 1.40. The Morgan fingerprint density at radius 3 is 2.38 bits per heavy atom. The molecule has 0 amide bonds. The first kappa shape index (κ1) is 15.1. The van der Waals surface area contributed by atoms with Crippen molar-refractivity contribution in [3.8, 4) is 0 Å². The first-order valence-corrected chi connectivity index (χ1v) is 7.01. The van der Waals surface area contributed by atoms with Gasteiger partial charge in [-0.3, -0.25) is 0 Å². The lowest BCUT2D eigenvalue weighted by molar-refractivity contribution is 0.478. The highest BCUT2D eigenvalue weighted by molar-refractivity contribution is 5.79. The molecule has 2 aromatic rings. The van der Waals surface area contributed by atoms with Crippen LogP contribution in [0.1, 0.15) is 11.4 Å². The van der Waals surface area contributed by atoms with Gasteiger partial charge in [-0.15, -0.1) is 0 Å². The number of guanidine groups is 1. The van der Waals surface area contributed by atoms with Gasteiger partial charge in [0.25, 0.3) is 0 Å². The van der Waals surface area contributed by atoms with Crippen LogP contribution in [0.25, 0.3) is 0 Å². The minimum atomic E-state index is 0.575. The molecule has 0 aliphatic heterocycles. The molecular weight excluding hydrogens is 262 g/mol. The number of imidazole rings is 1. The Morgan fingerprint density at radius 1 is 1.10 bits per heavy atom. The lowest BCUT2D eigenvalue weighted by Gasteiger charge is -2.22. The quantitative estimate of drug-likeness (QED) is 0.636. The summed E-state index contributed by atoms with van der Waals surface area (Å²) in [6, 6.07) is 10.4. The van der Waals surface area contributed by atoms with Crippen LogP contribution >= 0.6 is 0 Å².